The molecule has 1 aromatic carbocycles. The largest absolute Gasteiger partial charge is 0.487 e. The Balaban J connectivity index is 2.09. The zero-order valence-electron chi connectivity index (χ0n) is 11.2. The first-order valence-electron chi connectivity index (χ1n) is 6.48. The maximum Gasteiger partial charge on any atom is 0.165 e. The number of ether oxygens (including phenoxy) is 1. The Bertz CT molecular complexity index is 554. The second kappa shape index (κ2) is 5.49. The Kier molecular flexibility index (Phi) is 4.13. The molecule has 0 aliphatic heterocycles. The first-order valence-corrected chi connectivity index (χ1v) is 8.43. The Morgan fingerprint density at radius 1 is 1.32 bits per heavy atom. The molecule has 1 aliphatic rings. The van der Waals surface area contributed by atoms with Crippen molar-refractivity contribution < 1.29 is 17.5 Å². The summed E-state index contributed by atoms with van der Waals surface area (Å²) in [6, 6.07) is 4.71. The van der Waals surface area contributed by atoms with Gasteiger partial charge in [0.1, 0.15) is 15.9 Å². The molecule has 19 heavy (non-hydrogen) atoms. The number of sulfone groups is 1. The van der Waals surface area contributed by atoms with Crippen molar-refractivity contribution in [3.63, 3.8) is 0 Å². The van der Waals surface area contributed by atoms with Gasteiger partial charge < -0.3 is 4.74 Å². The third-order valence-electron chi connectivity index (χ3n) is 3.56. The van der Waals surface area contributed by atoms with Crippen LogP contribution in [0.25, 0.3) is 0 Å². The molecule has 5 heteroatoms. The molecule has 3 nitrogen and oxygen atoms in total. The van der Waals surface area contributed by atoms with Gasteiger partial charge in [0.25, 0.3) is 0 Å². The molecule has 1 aliphatic carbocycles. The predicted octanol–water partition coefficient (Wildman–Crippen LogP) is 2.87. The lowest BCUT2D eigenvalue weighted by molar-refractivity contribution is 0.150. The minimum Gasteiger partial charge on any atom is -0.487 e. The highest BCUT2D eigenvalue weighted by atomic mass is 32.2. The van der Waals surface area contributed by atoms with Crippen molar-refractivity contribution in [2.24, 2.45) is 0 Å². The molecule has 0 bridgehead atoms. The topological polar surface area (TPSA) is 43.4 Å². The average Bonchev–Trinajstić information content (AvgIpc) is 2.33. The van der Waals surface area contributed by atoms with E-state index in [0.29, 0.717) is 12.8 Å². The molecule has 106 valence electrons. The lowest BCUT2D eigenvalue weighted by Gasteiger charge is -2.28. The summed E-state index contributed by atoms with van der Waals surface area (Å²) in [5.41, 5.74) is 0.923. The fourth-order valence-electron chi connectivity index (χ4n) is 2.48. The van der Waals surface area contributed by atoms with E-state index in [1.165, 1.54) is 12.3 Å². The highest BCUT2D eigenvalue weighted by molar-refractivity contribution is 7.91. The highest BCUT2D eigenvalue weighted by Gasteiger charge is 2.30. The Labute approximate surface area is 113 Å². The zero-order valence-corrected chi connectivity index (χ0v) is 12.0. The molecular formula is C14H19FO3S. The Morgan fingerprint density at radius 2 is 2.05 bits per heavy atom. The monoisotopic (exact) mass is 286 g/mol. The van der Waals surface area contributed by atoms with Crippen LogP contribution in [0.1, 0.15) is 31.2 Å². The molecule has 0 N–H and O–H groups in total. The summed E-state index contributed by atoms with van der Waals surface area (Å²) in [5.74, 6) is -0.175. The van der Waals surface area contributed by atoms with Crippen molar-refractivity contribution >= 4 is 9.84 Å². The van der Waals surface area contributed by atoms with E-state index in [4.69, 9.17) is 4.74 Å². The van der Waals surface area contributed by atoms with E-state index in [0.717, 1.165) is 18.4 Å². The molecule has 2 rings (SSSR count). The van der Waals surface area contributed by atoms with Gasteiger partial charge in [0.05, 0.1) is 5.25 Å². The molecule has 0 heterocycles. The van der Waals surface area contributed by atoms with E-state index < -0.39 is 15.7 Å². The molecule has 0 radical (unpaired) electrons. The van der Waals surface area contributed by atoms with Crippen LogP contribution < -0.4 is 4.74 Å². The lowest BCUT2D eigenvalue weighted by Crippen LogP contribution is -2.33. The Hall–Kier alpha value is -1.10. The van der Waals surface area contributed by atoms with Gasteiger partial charge in [0.2, 0.25) is 0 Å². The van der Waals surface area contributed by atoms with Gasteiger partial charge in [-0.15, -0.1) is 0 Å². The van der Waals surface area contributed by atoms with Crippen LogP contribution in [0.2, 0.25) is 0 Å². The van der Waals surface area contributed by atoms with Crippen LogP contribution in [0.4, 0.5) is 4.39 Å². The summed E-state index contributed by atoms with van der Waals surface area (Å²) in [5, 5.41) is -0.362. The minimum absolute atomic E-state index is 0.218. The molecule has 0 aromatic heterocycles. The third-order valence-corrected chi connectivity index (χ3v) is 5.20. The van der Waals surface area contributed by atoms with Crippen molar-refractivity contribution in [2.45, 2.75) is 44.0 Å². The van der Waals surface area contributed by atoms with Crippen LogP contribution >= 0.6 is 0 Å². The molecule has 2 unspecified atom stereocenters. The summed E-state index contributed by atoms with van der Waals surface area (Å²) >= 11 is 0. The van der Waals surface area contributed by atoms with Gasteiger partial charge >= 0.3 is 0 Å². The van der Waals surface area contributed by atoms with Crippen LogP contribution in [-0.4, -0.2) is 26.0 Å². The van der Waals surface area contributed by atoms with Gasteiger partial charge in [-0.05, 0) is 43.9 Å². The van der Waals surface area contributed by atoms with Crippen LogP contribution in [0, 0.1) is 12.7 Å². The maximum absolute atomic E-state index is 13.6. The quantitative estimate of drug-likeness (QED) is 0.858. The zero-order chi connectivity index (χ0) is 14.0. The smallest absolute Gasteiger partial charge is 0.165 e. The van der Waals surface area contributed by atoms with Crippen molar-refractivity contribution in [1.82, 2.24) is 0 Å². The Morgan fingerprint density at radius 3 is 2.74 bits per heavy atom. The summed E-state index contributed by atoms with van der Waals surface area (Å²) in [6.07, 6.45) is 3.74. The number of rotatable bonds is 3. The van der Waals surface area contributed by atoms with Gasteiger partial charge in [-0.2, -0.15) is 0 Å². The molecule has 1 fully saturated rings. The number of hydrogen-bond donors (Lipinski definition) is 0. The second-order valence-electron chi connectivity index (χ2n) is 5.29. The number of benzene rings is 1. The van der Waals surface area contributed by atoms with E-state index >= 15 is 0 Å². The molecular weight excluding hydrogens is 267 g/mol. The summed E-state index contributed by atoms with van der Waals surface area (Å²) < 4.78 is 42.4. The van der Waals surface area contributed by atoms with Crippen molar-refractivity contribution in [1.29, 1.82) is 0 Å². The summed E-state index contributed by atoms with van der Waals surface area (Å²) in [4.78, 5) is 0. The SMILES string of the molecule is Cc1ccc(F)c(OC2CCCC(S(C)(=O)=O)C2)c1. The lowest BCUT2D eigenvalue weighted by atomic mass is 9.97. The average molecular weight is 286 g/mol. The standard InChI is InChI=1S/C14H19FO3S/c1-10-6-7-13(15)14(8-10)18-11-4-3-5-12(9-11)19(2,16)17/h6-8,11-12H,3-5,9H2,1-2H3. The summed E-state index contributed by atoms with van der Waals surface area (Å²) in [7, 11) is -3.04. The maximum atomic E-state index is 13.6. The van der Waals surface area contributed by atoms with E-state index in [9.17, 15) is 12.8 Å². The van der Waals surface area contributed by atoms with Crippen molar-refractivity contribution in [3.8, 4) is 5.75 Å². The van der Waals surface area contributed by atoms with Crippen molar-refractivity contribution in [2.75, 3.05) is 6.26 Å². The van der Waals surface area contributed by atoms with Gasteiger partial charge in [-0.1, -0.05) is 6.07 Å². The predicted molar refractivity (Wildman–Crippen MR) is 72.7 cm³/mol. The fraction of sp³-hybridized carbons (Fsp3) is 0.571. The van der Waals surface area contributed by atoms with Crippen molar-refractivity contribution in [3.05, 3.63) is 29.6 Å². The molecule has 0 saturated heterocycles. The van der Waals surface area contributed by atoms with E-state index in [1.807, 2.05) is 6.92 Å². The van der Waals surface area contributed by atoms with Crippen LogP contribution in [0.3, 0.4) is 0 Å². The van der Waals surface area contributed by atoms with Gasteiger partial charge in [-0.3, -0.25) is 0 Å². The molecule has 1 aromatic rings. The number of aryl methyl sites for hydroxylation is 1. The highest BCUT2D eigenvalue weighted by Crippen LogP contribution is 2.29. The van der Waals surface area contributed by atoms with E-state index in [1.54, 1.807) is 12.1 Å². The van der Waals surface area contributed by atoms with Gasteiger partial charge in [0.15, 0.2) is 11.6 Å². The summed E-state index contributed by atoms with van der Waals surface area (Å²) in [6.45, 7) is 1.87. The number of hydrogen-bond acceptors (Lipinski definition) is 3. The van der Waals surface area contributed by atoms with Crippen LogP contribution in [-0.2, 0) is 9.84 Å². The molecule has 2 atom stereocenters. The molecule has 0 amide bonds. The minimum atomic E-state index is -3.04. The van der Waals surface area contributed by atoms with Gasteiger partial charge in [-0.25, -0.2) is 12.8 Å². The molecule has 1 saturated carbocycles. The fourth-order valence-corrected chi connectivity index (χ4v) is 3.64. The number of halogens is 1. The van der Waals surface area contributed by atoms with Gasteiger partial charge in [0, 0.05) is 12.7 Å². The first kappa shape index (κ1) is 14.3. The normalized spacial score (nSPS) is 24.2. The second-order valence-corrected chi connectivity index (χ2v) is 7.62. The first-order chi connectivity index (χ1) is 8.86. The third kappa shape index (κ3) is 3.69. The molecule has 0 spiro atoms. The van der Waals surface area contributed by atoms with Crippen LogP contribution in [0.5, 0.6) is 5.75 Å². The van der Waals surface area contributed by atoms with Crippen LogP contribution in [0.15, 0.2) is 18.2 Å². The van der Waals surface area contributed by atoms with E-state index in [-0.39, 0.29) is 17.1 Å². The van der Waals surface area contributed by atoms with E-state index in [2.05, 4.69) is 0 Å².